The van der Waals surface area contributed by atoms with Gasteiger partial charge in [-0.2, -0.15) is 4.39 Å². The largest absolute Gasteiger partial charge is 1.00 e. The fourth-order valence-electron chi connectivity index (χ4n) is 2.57. The van der Waals surface area contributed by atoms with Gasteiger partial charge in [0.25, 0.3) is 0 Å². The van der Waals surface area contributed by atoms with Crippen molar-refractivity contribution in [2.75, 3.05) is 37.0 Å². The molecule has 0 aliphatic rings. The van der Waals surface area contributed by atoms with Crippen molar-refractivity contribution < 1.29 is 16.8 Å². The molecule has 0 aromatic carbocycles. The normalized spacial score (nSPS) is 12.2. The number of hydrogen-bond acceptors (Lipinski definition) is 0. The second-order valence-corrected chi connectivity index (χ2v) is 14.0. The first kappa shape index (κ1) is 20.3. The molecule has 0 atom stereocenters. The van der Waals surface area contributed by atoms with Crippen molar-refractivity contribution in [2.45, 2.75) is 41.5 Å². The van der Waals surface area contributed by atoms with E-state index in [1.807, 2.05) is 0 Å². The third-order valence-electron chi connectivity index (χ3n) is 4.41. The van der Waals surface area contributed by atoms with Gasteiger partial charge in [0, 0.05) is 0 Å². The standard InChI is InChI=1S/C13H30FP2.ClH/c1-7-15(8-2,9-3)13(14)16(10-4,11-5)12-6;/h7-12H2,1-6H3;1H/q+1;/p-1. The summed E-state index contributed by atoms with van der Waals surface area (Å²) < 4.78 is 15.1. The summed E-state index contributed by atoms with van der Waals surface area (Å²) in [6.07, 6.45) is 6.38. The second-order valence-electron chi connectivity index (χ2n) is 4.46. The Morgan fingerprint density at radius 1 is 0.824 bits per heavy atom. The Morgan fingerprint density at radius 3 is 1.29 bits per heavy atom. The molecular weight excluding hydrogens is 273 g/mol. The summed E-state index contributed by atoms with van der Waals surface area (Å²) in [5, 5.41) is 0.500. The molecule has 0 aromatic heterocycles. The maximum atomic E-state index is 15.1. The van der Waals surface area contributed by atoms with Gasteiger partial charge in [0.15, 0.2) is 0 Å². The molecule has 0 nitrogen and oxygen atoms in total. The average Bonchev–Trinajstić information content (AvgIpc) is 2.35. The van der Waals surface area contributed by atoms with Crippen molar-refractivity contribution >= 4 is 19.4 Å². The quantitative estimate of drug-likeness (QED) is 0.633. The fourth-order valence-corrected chi connectivity index (χ4v) is 13.0. The van der Waals surface area contributed by atoms with Gasteiger partial charge >= 0.3 is 0 Å². The summed E-state index contributed by atoms with van der Waals surface area (Å²) in [4.78, 5) is 0. The Labute approximate surface area is 115 Å². The molecule has 0 saturated heterocycles. The Balaban J connectivity index is 0. The molecule has 0 saturated carbocycles. The highest BCUT2D eigenvalue weighted by Crippen LogP contribution is 2.68. The van der Waals surface area contributed by atoms with Crippen LogP contribution < -0.4 is 12.4 Å². The molecule has 0 N–H and O–H groups in total. The molecule has 0 bridgehead atoms. The third kappa shape index (κ3) is 3.95. The smallest absolute Gasteiger partial charge is 0.230 e. The minimum atomic E-state index is -1.40. The van der Waals surface area contributed by atoms with Gasteiger partial charge in [-0.05, 0) is 46.1 Å². The first-order valence-corrected chi connectivity index (χ1v) is 11.5. The molecule has 0 radical (unpaired) electrons. The highest BCUT2D eigenvalue weighted by molar-refractivity contribution is 8.03. The Bertz CT molecular complexity index is 233. The molecule has 0 unspecified atom stereocenters. The number of halogens is 2. The Hall–Kier alpha value is 0.950. The highest BCUT2D eigenvalue weighted by atomic mass is 35.5. The van der Waals surface area contributed by atoms with E-state index in [-0.39, 0.29) is 12.4 Å². The molecule has 0 aliphatic carbocycles. The minimum absolute atomic E-state index is 0. The summed E-state index contributed by atoms with van der Waals surface area (Å²) in [7, 11) is -1.40. The van der Waals surface area contributed by atoms with Gasteiger partial charge in [-0.3, -0.25) is 0 Å². The molecule has 0 spiro atoms. The summed E-state index contributed by atoms with van der Waals surface area (Å²) in [6, 6.07) is 0. The van der Waals surface area contributed by atoms with Crippen LogP contribution in [0.15, 0.2) is 0 Å². The van der Waals surface area contributed by atoms with Crippen LogP contribution in [0.1, 0.15) is 41.5 Å². The summed E-state index contributed by atoms with van der Waals surface area (Å²) in [5.74, 6) is 0. The monoisotopic (exact) mass is 302 g/mol. The zero-order chi connectivity index (χ0) is 12.8. The van der Waals surface area contributed by atoms with Gasteiger partial charge in [0.1, 0.15) is 0 Å². The van der Waals surface area contributed by atoms with Crippen LogP contribution in [-0.4, -0.2) is 42.3 Å². The highest BCUT2D eigenvalue weighted by Gasteiger charge is 2.42. The minimum Gasteiger partial charge on any atom is -1.00 e. The van der Waals surface area contributed by atoms with Gasteiger partial charge in [0.2, 0.25) is 5.29 Å². The van der Waals surface area contributed by atoms with Crippen molar-refractivity contribution in [3.63, 3.8) is 0 Å². The van der Waals surface area contributed by atoms with E-state index >= 15 is 4.39 Å². The van der Waals surface area contributed by atoms with Gasteiger partial charge in [-0.15, -0.1) is 0 Å². The predicted molar refractivity (Wildman–Crippen MR) is 83.2 cm³/mol. The van der Waals surface area contributed by atoms with Crippen molar-refractivity contribution in [3.05, 3.63) is 0 Å². The van der Waals surface area contributed by atoms with Crippen molar-refractivity contribution in [3.8, 4) is 0 Å². The van der Waals surface area contributed by atoms with E-state index in [1.165, 1.54) is 0 Å². The lowest BCUT2D eigenvalue weighted by Gasteiger charge is -2.29. The molecule has 4 heteroatoms. The van der Waals surface area contributed by atoms with Gasteiger partial charge in [-0.1, -0.05) is 20.8 Å². The summed E-state index contributed by atoms with van der Waals surface area (Å²) in [6.45, 7) is 11.7. The SMILES string of the molecule is CCP(CC)(CC)=C(F)[P+](CC)(CC)CC.[Cl-]. The molecule has 0 aliphatic heterocycles. The fraction of sp³-hybridized carbons (Fsp3) is 0.923. The molecule has 106 valence electrons. The lowest BCUT2D eigenvalue weighted by Crippen LogP contribution is -3.00. The van der Waals surface area contributed by atoms with Gasteiger partial charge in [-0.25, -0.2) is 0 Å². The molecular formula is C13H30ClFP2. The zero-order valence-corrected chi connectivity index (χ0v) is 14.9. The van der Waals surface area contributed by atoms with E-state index in [1.54, 1.807) is 0 Å². The summed E-state index contributed by atoms with van der Waals surface area (Å²) in [5.41, 5.74) is 0. The summed E-state index contributed by atoms with van der Waals surface area (Å²) >= 11 is 0. The molecule has 0 heterocycles. The number of hydrogen-bond donors (Lipinski definition) is 0. The maximum absolute atomic E-state index is 15.1. The van der Waals surface area contributed by atoms with Gasteiger partial charge in [0.05, 0.1) is 25.7 Å². The van der Waals surface area contributed by atoms with Crippen LogP contribution in [0.25, 0.3) is 0 Å². The van der Waals surface area contributed by atoms with Crippen LogP contribution in [0, 0.1) is 0 Å². The van der Waals surface area contributed by atoms with Crippen molar-refractivity contribution in [1.82, 2.24) is 0 Å². The molecule has 0 amide bonds. The van der Waals surface area contributed by atoms with Crippen LogP contribution in [0.3, 0.4) is 0 Å². The first-order chi connectivity index (χ1) is 7.52. The van der Waals surface area contributed by atoms with Crippen molar-refractivity contribution in [2.24, 2.45) is 0 Å². The Kier molecular flexibility index (Phi) is 10.7. The lowest BCUT2D eigenvalue weighted by atomic mass is 10.9. The second kappa shape index (κ2) is 8.95. The third-order valence-corrected chi connectivity index (χ3v) is 15.8. The maximum Gasteiger partial charge on any atom is 0.230 e. The molecule has 0 rings (SSSR count). The van der Waals surface area contributed by atoms with Crippen LogP contribution in [0.5, 0.6) is 0 Å². The zero-order valence-electron chi connectivity index (χ0n) is 12.4. The molecule has 0 aromatic rings. The van der Waals surface area contributed by atoms with E-state index in [2.05, 4.69) is 41.5 Å². The van der Waals surface area contributed by atoms with E-state index in [0.717, 1.165) is 37.0 Å². The van der Waals surface area contributed by atoms with E-state index in [0.29, 0.717) is 5.29 Å². The number of rotatable bonds is 7. The van der Waals surface area contributed by atoms with Gasteiger partial charge < -0.3 is 12.4 Å². The van der Waals surface area contributed by atoms with E-state index < -0.39 is 14.1 Å². The van der Waals surface area contributed by atoms with Crippen LogP contribution in [-0.2, 0) is 0 Å². The topological polar surface area (TPSA) is 0 Å². The van der Waals surface area contributed by atoms with E-state index in [9.17, 15) is 0 Å². The van der Waals surface area contributed by atoms with E-state index in [4.69, 9.17) is 0 Å². The lowest BCUT2D eigenvalue weighted by molar-refractivity contribution is -0.00000422. The van der Waals surface area contributed by atoms with Crippen LogP contribution >= 0.6 is 14.1 Å². The predicted octanol–water partition coefficient (Wildman–Crippen LogP) is 2.20. The molecule has 17 heavy (non-hydrogen) atoms. The Morgan fingerprint density at radius 2 is 1.12 bits per heavy atom. The first-order valence-electron chi connectivity index (χ1n) is 6.78. The average molecular weight is 303 g/mol. The van der Waals surface area contributed by atoms with Crippen molar-refractivity contribution in [1.29, 1.82) is 0 Å². The molecule has 0 fully saturated rings. The van der Waals surface area contributed by atoms with Crippen LogP contribution in [0.2, 0.25) is 0 Å². The van der Waals surface area contributed by atoms with Crippen LogP contribution in [0.4, 0.5) is 4.39 Å².